The van der Waals surface area contributed by atoms with Gasteiger partial charge in [0, 0.05) is 17.9 Å². The van der Waals surface area contributed by atoms with Gasteiger partial charge < -0.3 is 15.9 Å². The minimum atomic E-state index is -1.57. The molecule has 3 fully saturated rings. The Hall–Kier alpha value is -0.640. The molecule has 3 heteroatoms. The number of rotatable bonds is 0. The Labute approximate surface area is 133 Å². The molecule has 0 unspecified atom stereocenters. The van der Waals surface area contributed by atoms with Gasteiger partial charge >= 0.3 is 0 Å². The van der Waals surface area contributed by atoms with E-state index >= 15 is 0 Å². The summed E-state index contributed by atoms with van der Waals surface area (Å²) in [6, 6.07) is 0.289. The number of aliphatic hydroxyl groups is 2. The molecule has 122 valence electrons. The summed E-state index contributed by atoms with van der Waals surface area (Å²) in [5.74, 6) is -0.782. The third-order valence-corrected chi connectivity index (χ3v) is 7.83. The van der Waals surface area contributed by atoms with Crippen molar-refractivity contribution in [3.8, 4) is 0 Å². The first-order valence-electron chi connectivity index (χ1n) is 8.92. The summed E-state index contributed by atoms with van der Waals surface area (Å²) in [6.45, 7) is 4.44. The fraction of sp³-hybridized carbons (Fsp3) is 0.789. The summed E-state index contributed by atoms with van der Waals surface area (Å²) in [6.07, 6.45) is 11.3. The lowest BCUT2D eigenvalue weighted by atomic mass is 9.49. The molecule has 3 saturated carbocycles. The molecule has 0 aliphatic heterocycles. The number of fused-ring (bicyclic) bond motifs is 5. The molecule has 0 aromatic carbocycles. The first-order chi connectivity index (χ1) is 10.3. The van der Waals surface area contributed by atoms with Gasteiger partial charge in [0.15, 0.2) is 5.79 Å². The fourth-order valence-corrected chi connectivity index (χ4v) is 6.15. The topological polar surface area (TPSA) is 66.5 Å². The van der Waals surface area contributed by atoms with Gasteiger partial charge in [-0.2, -0.15) is 0 Å². The van der Waals surface area contributed by atoms with Crippen molar-refractivity contribution in [2.45, 2.75) is 70.6 Å². The van der Waals surface area contributed by atoms with Crippen LogP contribution in [-0.4, -0.2) is 22.0 Å². The molecule has 0 heterocycles. The highest BCUT2D eigenvalue weighted by Crippen LogP contribution is 2.64. The van der Waals surface area contributed by atoms with E-state index in [0.717, 1.165) is 38.5 Å². The Kier molecular flexibility index (Phi) is 3.03. The molecule has 0 aromatic rings. The summed E-state index contributed by atoms with van der Waals surface area (Å²) in [7, 11) is 0. The van der Waals surface area contributed by atoms with E-state index in [1.54, 1.807) is 0 Å². The van der Waals surface area contributed by atoms with E-state index in [4.69, 9.17) is 5.73 Å². The van der Waals surface area contributed by atoms with Crippen LogP contribution in [0.4, 0.5) is 0 Å². The van der Waals surface area contributed by atoms with Crippen LogP contribution in [0.5, 0.6) is 0 Å². The summed E-state index contributed by atoms with van der Waals surface area (Å²) < 4.78 is 0. The molecule has 5 atom stereocenters. The Morgan fingerprint density at radius 2 is 1.82 bits per heavy atom. The quantitative estimate of drug-likeness (QED) is 0.603. The summed E-state index contributed by atoms with van der Waals surface area (Å²) in [4.78, 5) is 0. The van der Waals surface area contributed by atoms with Crippen LogP contribution in [0.15, 0.2) is 23.3 Å². The highest BCUT2D eigenvalue weighted by molar-refractivity contribution is 5.40. The number of hydrogen-bond acceptors (Lipinski definition) is 3. The Morgan fingerprint density at radius 3 is 2.59 bits per heavy atom. The molecule has 4 N–H and O–H groups in total. The van der Waals surface area contributed by atoms with Crippen molar-refractivity contribution in [2.75, 3.05) is 0 Å². The lowest BCUT2D eigenvalue weighted by molar-refractivity contribution is -0.254. The SMILES string of the molecule is C[C@]12CC[C@H]3C(=CC=C4CCCC(O)(O)[C@@]43C)[C@@H]1CC[C@@H]2N. The van der Waals surface area contributed by atoms with Gasteiger partial charge in [-0.05, 0) is 55.8 Å². The molecule has 4 rings (SSSR count). The molecular weight excluding hydrogens is 274 g/mol. The molecule has 0 aromatic heterocycles. The fourth-order valence-electron chi connectivity index (χ4n) is 6.15. The van der Waals surface area contributed by atoms with Gasteiger partial charge in [0.05, 0.1) is 0 Å². The predicted octanol–water partition coefficient (Wildman–Crippen LogP) is 2.88. The maximum Gasteiger partial charge on any atom is 0.172 e. The van der Waals surface area contributed by atoms with E-state index in [1.165, 1.54) is 11.1 Å². The van der Waals surface area contributed by atoms with Gasteiger partial charge in [-0.15, -0.1) is 0 Å². The van der Waals surface area contributed by atoms with Crippen LogP contribution in [-0.2, 0) is 0 Å². The van der Waals surface area contributed by atoms with Gasteiger partial charge in [0.2, 0.25) is 0 Å². The Balaban J connectivity index is 1.80. The summed E-state index contributed by atoms with van der Waals surface area (Å²) in [5.41, 5.74) is 8.80. The third kappa shape index (κ3) is 1.63. The van der Waals surface area contributed by atoms with Crippen molar-refractivity contribution in [2.24, 2.45) is 28.4 Å². The molecular formula is C19H29NO2. The van der Waals surface area contributed by atoms with Crippen molar-refractivity contribution in [1.82, 2.24) is 0 Å². The van der Waals surface area contributed by atoms with Crippen LogP contribution in [0, 0.1) is 22.7 Å². The van der Waals surface area contributed by atoms with E-state index in [0.29, 0.717) is 12.3 Å². The molecule has 0 saturated heterocycles. The molecule has 0 amide bonds. The van der Waals surface area contributed by atoms with E-state index in [1.807, 2.05) is 0 Å². The van der Waals surface area contributed by atoms with Crippen LogP contribution in [0.2, 0.25) is 0 Å². The van der Waals surface area contributed by atoms with Gasteiger partial charge in [-0.1, -0.05) is 37.1 Å². The highest BCUT2D eigenvalue weighted by Gasteiger charge is 2.61. The largest absolute Gasteiger partial charge is 0.365 e. The lowest BCUT2D eigenvalue weighted by Crippen LogP contribution is -2.58. The Morgan fingerprint density at radius 1 is 1.05 bits per heavy atom. The van der Waals surface area contributed by atoms with Crippen molar-refractivity contribution in [1.29, 1.82) is 0 Å². The van der Waals surface area contributed by atoms with E-state index in [-0.39, 0.29) is 17.4 Å². The zero-order valence-corrected chi connectivity index (χ0v) is 13.8. The predicted molar refractivity (Wildman–Crippen MR) is 86.8 cm³/mol. The normalized spacial score (nSPS) is 49.6. The van der Waals surface area contributed by atoms with Crippen molar-refractivity contribution >= 4 is 0 Å². The number of hydrogen-bond donors (Lipinski definition) is 3. The zero-order chi connectivity index (χ0) is 15.8. The van der Waals surface area contributed by atoms with Crippen LogP contribution in [0.1, 0.15) is 58.8 Å². The average molecular weight is 303 g/mol. The minimum absolute atomic E-state index is 0.201. The smallest absolute Gasteiger partial charge is 0.172 e. The second kappa shape index (κ2) is 4.46. The van der Waals surface area contributed by atoms with E-state index in [2.05, 4.69) is 26.0 Å². The molecule has 0 spiro atoms. The minimum Gasteiger partial charge on any atom is -0.365 e. The molecule has 0 bridgehead atoms. The van der Waals surface area contributed by atoms with E-state index in [9.17, 15) is 10.2 Å². The monoisotopic (exact) mass is 303 g/mol. The third-order valence-electron chi connectivity index (χ3n) is 7.83. The number of allylic oxidation sites excluding steroid dienone is 3. The molecule has 4 aliphatic carbocycles. The van der Waals surface area contributed by atoms with Crippen LogP contribution in [0.3, 0.4) is 0 Å². The molecule has 4 aliphatic rings. The molecule has 3 nitrogen and oxygen atoms in total. The maximum atomic E-state index is 10.8. The van der Waals surface area contributed by atoms with Gasteiger partial charge in [0.1, 0.15) is 0 Å². The first kappa shape index (κ1) is 14.9. The van der Waals surface area contributed by atoms with Crippen molar-refractivity contribution < 1.29 is 10.2 Å². The van der Waals surface area contributed by atoms with Crippen molar-refractivity contribution in [3.05, 3.63) is 23.3 Å². The lowest BCUT2D eigenvalue weighted by Gasteiger charge is -2.57. The molecule has 0 radical (unpaired) electrons. The first-order valence-corrected chi connectivity index (χ1v) is 8.92. The number of nitrogens with two attached hydrogens (primary N) is 1. The van der Waals surface area contributed by atoms with Gasteiger partial charge in [-0.25, -0.2) is 0 Å². The second-order valence-electron chi connectivity index (χ2n) is 8.56. The van der Waals surface area contributed by atoms with Gasteiger partial charge in [0.25, 0.3) is 0 Å². The highest BCUT2D eigenvalue weighted by atomic mass is 16.5. The molecule has 22 heavy (non-hydrogen) atoms. The maximum absolute atomic E-state index is 10.8. The average Bonchev–Trinajstić information content (AvgIpc) is 2.76. The zero-order valence-electron chi connectivity index (χ0n) is 13.8. The Bertz CT molecular complexity index is 564. The van der Waals surface area contributed by atoms with Crippen molar-refractivity contribution in [3.63, 3.8) is 0 Å². The second-order valence-corrected chi connectivity index (χ2v) is 8.56. The summed E-state index contributed by atoms with van der Waals surface area (Å²) in [5, 5.41) is 21.6. The van der Waals surface area contributed by atoms with Crippen LogP contribution >= 0.6 is 0 Å². The van der Waals surface area contributed by atoms with Crippen LogP contribution in [0.25, 0.3) is 0 Å². The summed E-state index contributed by atoms with van der Waals surface area (Å²) >= 11 is 0. The van der Waals surface area contributed by atoms with Gasteiger partial charge in [-0.3, -0.25) is 0 Å². The van der Waals surface area contributed by atoms with E-state index < -0.39 is 11.2 Å². The standard InChI is InChI=1S/C19H29NO2/c1-17-11-9-15-13(14(17)7-8-16(17)20)6-5-12-4-3-10-19(21,22)18(12,15)2/h5-6,14-16,21-22H,3-4,7-11,20H2,1-2H3/t14-,15-,16-,17-,18-/m0/s1. The van der Waals surface area contributed by atoms with Crippen LogP contribution < -0.4 is 5.73 Å².